The van der Waals surface area contributed by atoms with E-state index < -0.39 is 11.1 Å². The highest BCUT2D eigenvalue weighted by Crippen LogP contribution is 2.69. The second-order valence-electron chi connectivity index (χ2n) is 14.9. The van der Waals surface area contributed by atoms with Crippen LogP contribution in [-0.4, -0.2) is 67.1 Å². The van der Waals surface area contributed by atoms with Crippen molar-refractivity contribution in [3.63, 3.8) is 0 Å². The molecule has 11 heteroatoms. The van der Waals surface area contributed by atoms with E-state index in [2.05, 4.69) is 28.1 Å². The summed E-state index contributed by atoms with van der Waals surface area (Å²) >= 11 is 0. The first-order valence-corrected chi connectivity index (χ1v) is 16.9. The van der Waals surface area contributed by atoms with Crippen LogP contribution in [0.25, 0.3) is 28.1 Å². The minimum absolute atomic E-state index is 0.0539. The highest BCUT2D eigenvalue weighted by molar-refractivity contribution is 5.96. The molecule has 4 saturated carbocycles. The van der Waals surface area contributed by atoms with E-state index in [1.54, 1.807) is 13.2 Å². The summed E-state index contributed by atoms with van der Waals surface area (Å²) in [5.74, 6) is 0.995. The van der Waals surface area contributed by atoms with Crippen LogP contribution in [0.2, 0.25) is 0 Å². The van der Waals surface area contributed by atoms with Gasteiger partial charge in [-0.2, -0.15) is 0 Å². The Balaban J connectivity index is 1.07. The van der Waals surface area contributed by atoms with Crippen LogP contribution in [0.3, 0.4) is 0 Å². The van der Waals surface area contributed by atoms with Crippen molar-refractivity contribution < 1.29 is 18.7 Å². The first-order chi connectivity index (χ1) is 22.5. The maximum atomic E-state index is 14.1. The number of imidazole rings is 1. The van der Waals surface area contributed by atoms with Crippen LogP contribution in [0.1, 0.15) is 79.7 Å². The zero-order valence-corrected chi connectivity index (χ0v) is 27.1. The number of carbonyl (C=O) groups is 2. The molecular formula is C36H40FN7O3. The Bertz CT molecular complexity index is 2020. The van der Waals surface area contributed by atoms with Crippen LogP contribution in [0.15, 0.2) is 42.0 Å². The van der Waals surface area contributed by atoms with Gasteiger partial charge in [0.25, 0.3) is 5.91 Å². The van der Waals surface area contributed by atoms with E-state index in [1.165, 1.54) is 18.4 Å². The Morgan fingerprint density at radius 1 is 1.17 bits per heavy atom. The van der Waals surface area contributed by atoms with E-state index in [4.69, 9.17) is 20.4 Å². The average Bonchev–Trinajstić information content (AvgIpc) is 3.49. The van der Waals surface area contributed by atoms with E-state index in [9.17, 15) is 14.0 Å². The summed E-state index contributed by atoms with van der Waals surface area (Å²) in [5.41, 5.74) is 11.5. The molecule has 4 aromatic rings. The minimum atomic E-state index is -1.12. The van der Waals surface area contributed by atoms with Gasteiger partial charge in [0.1, 0.15) is 22.7 Å². The number of ether oxygens (including phenoxy) is 1. The molecule has 10 rings (SSSR count). The second kappa shape index (κ2) is 9.88. The number of aryl methyl sites for hydroxylation is 1. The van der Waals surface area contributed by atoms with Gasteiger partial charge >= 0.3 is 0 Å². The highest BCUT2D eigenvalue weighted by Gasteiger charge is 2.72. The molecule has 6 aliphatic rings. The molecule has 10 nitrogen and oxygen atoms in total. The minimum Gasteiger partial charge on any atom is -0.482 e. The van der Waals surface area contributed by atoms with Crippen molar-refractivity contribution in [3.05, 3.63) is 58.9 Å². The third kappa shape index (κ3) is 4.38. The molecule has 1 saturated heterocycles. The number of nitrogens with two attached hydrogens (primary N) is 1. The van der Waals surface area contributed by atoms with E-state index in [-0.39, 0.29) is 29.9 Å². The number of amides is 2. The van der Waals surface area contributed by atoms with Crippen LogP contribution >= 0.6 is 0 Å². The molecule has 47 heavy (non-hydrogen) atoms. The van der Waals surface area contributed by atoms with Crippen LogP contribution in [0.4, 0.5) is 4.39 Å². The fraction of sp³-hybridized carbons (Fsp3) is 0.500. The number of fused-ring (bicyclic) bond motifs is 4. The molecule has 4 aromatic heterocycles. The Morgan fingerprint density at radius 2 is 1.96 bits per heavy atom. The fourth-order valence-corrected chi connectivity index (χ4v) is 8.60. The van der Waals surface area contributed by atoms with Crippen molar-refractivity contribution in [2.45, 2.75) is 89.1 Å². The number of nitrogens with one attached hydrogen (secondary N) is 1. The molecule has 1 aliphatic heterocycles. The van der Waals surface area contributed by atoms with E-state index >= 15 is 0 Å². The highest BCUT2D eigenvalue weighted by atomic mass is 19.1. The van der Waals surface area contributed by atoms with Crippen LogP contribution in [0.5, 0.6) is 5.88 Å². The van der Waals surface area contributed by atoms with Crippen molar-refractivity contribution >= 4 is 28.5 Å². The molecule has 5 fully saturated rings. The molecule has 0 spiro atoms. The molecular weight excluding hydrogens is 597 g/mol. The van der Waals surface area contributed by atoms with Crippen molar-refractivity contribution in [2.24, 2.45) is 17.1 Å². The van der Waals surface area contributed by atoms with Gasteiger partial charge in [-0.05, 0) is 89.0 Å². The summed E-state index contributed by atoms with van der Waals surface area (Å²) in [7, 11) is 1.62. The summed E-state index contributed by atoms with van der Waals surface area (Å²) in [6.07, 6.45) is 7.22. The topological polar surface area (TPSA) is 120 Å². The van der Waals surface area contributed by atoms with Crippen molar-refractivity contribution in [1.82, 2.24) is 29.2 Å². The van der Waals surface area contributed by atoms with Gasteiger partial charge in [-0.25, -0.2) is 14.4 Å². The van der Waals surface area contributed by atoms with Gasteiger partial charge in [0.2, 0.25) is 5.91 Å². The Hall–Kier alpha value is -4.25. The summed E-state index contributed by atoms with van der Waals surface area (Å²) in [5, 5.41) is 4.10. The maximum Gasteiger partial charge on any atom is 0.254 e. The van der Waals surface area contributed by atoms with Crippen LogP contribution < -0.4 is 15.8 Å². The summed E-state index contributed by atoms with van der Waals surface area (Å²) in [4.78, 5) is 39.0. The summed E-state index contributed by atoms with van der Waals surface area (Å²) in [6, 6.07) is 9.53. The molecule has 0 unspecified atom stereocenters. The zero-order valence-electron chi connectivity index (χ0n) is 27.1. The number of carbonyl (C=O) groups excluding carboxylic acids is 2. The molecule has 2 amide bonds. The van der Waals surface area contributed by atoms with Crippen LogP contribution in [-0.2, 0) is 11.3 Å². The monoisotopic (exact) mass is 637 g/mol. The van der Waals surface area contributed by atoms with E-state index in [0.29, 0.717) is 48.8 Å². The Labute approximate surface area is 272 Å². The SMILES string of the molecule is COc1cc(C(=O)N2C[C@H](N)C3=CC[C@H]2C3)cc2nc(-c3cc4ccc([C@@H](C)NC(=O)C56CC(F)(C5)C6)nc4n3CC3CC3)c(C)n12. The summed E-state index contributed by atoms with van der Waals surface area (Å²) < 4.78 is 24.2. The lowest BCUT2D eigenvalue weighted by Gasteiger charge is -2.64. The lowest BCUT2D eigenvalue weighted by atomic mass is 9.42. The van der Waals surface area contributed by atoms with Crippen molar-refractivity contribution in [1.29, 1.82) is 0 Å². The zero-order chi connectivity index (χ0) is 32.4. The van der Waals surface area contributed by atoms with Gasteiger partial charge in [-0.15, -0.1) is 0 Å². The number of alkyl halides is 1. The average molecular weight is 638 g/mol. The third-order valence-corrected chi connectivity index (χ3v) is 11.5. The van der Waals surface area contributed by atoms with Gasteiger partial charge < -0.3 is 25.3 Å². The van der Waals surface area contributed by atoms with E-state index in [0.717, 1.165) is 53.2 Å². The number of hydrogen-bond acceptors (Lipinski definition) is 6. The van der Waals surface area contributed by atoms with E-state index in [1.807, 2.05) is 35.3 Å². The number of likely N-dealkylation sites (tertiary alicyclic amines) is 1. The molecule has 3 atom stereocenters. The first kappa shape index (κ1) is 28.9. The fourth-order valence-electron chi connectivity index (χ4n) is 8.60. The number of nitrogens with zero attached hydrogens (tertiary/aromatic N) is 5. The first-order valence-electron chi connectivity index (χ1n) is 16.9. The molecule has 0 aromatic carbocycles. The van der Waals surface area contributed by atoms with Gasteiger partial charge in [0.15, 0.2) is 5.88 Å². The number of aromatic nitrogens is 4. The number of piperidine rings is 1. The molecule has 5 aliphatic carbocycles. The predicted octanol–water partition coefficient (Wildman–Crippen LogP) is 5.02. The number of pyridine rings is 2. The molecule has 5 heterocycles. The van der Waals surface area contributed by atoms with Gasteiger partial charge in [0.05, 0.1) is 35.6 Å². The predicted molar refractivity (Wildman–Crippen MR) is 175 cm³/mol. The molecule has 4 bridgehead atoms. The number of rotatable bonds is 8. The van der Waals surface area contributed by atoms with Crippen molar-refractivity contribution in [3.8, 4) is 17.3 Å². The number of methoxy groups -OCH3 is 1. The van der Waals surface area contributed by atoms with Gasteiger partial charge in [-0.3, -0.25) is 14.0 Å². The van der Waals surface area contributed by atoms with Crippen molar-refractivity contribution in [2.75, 3.05) is 13.7 Å². The van der Waals surface area contributed by atoms with Gasteiger partial charge in [-0.1, -0.05) is 11.6 Å². The van der Waals surface area contributed by atoms with Gasteiger partial charge in [0, 0.05) is 42.2 Å². The lowest BCUT2D eigenvalue weighted by Crippen LogP contribution is -2.70. The lowest BCUT2D eigenvalue weighted by molar-refractivity contribution is -0.214. The maximum absolute atomic E-state index is 14.1. The van der Waals surface area contributed by atoms with Crippen LogP contribution in [0, 0.1) is 18.3 Å². The quantitative estimate of drug-likeness (QED) is 0.262. The number of hydrogen-bond donors (Lipinski definition) is 2. The smallest absolute Gasteiger partial charge is 0.254 e. The molecule has 0 radical (unpaired) electrons. The Morgan fingerprint density at radius 3 is 2.68 bits per heavy atom. The number of halogens is 1. The normalized spacial score (nSPS) is 28.2. The summed E-state index contributed by atoms with van der Waals surface area (Å²) in [6.45, 7) is 5.30. The Kier molecular flexibility index (Phi) is 6.08. The third-order valence-electron chi connectivity index (χ3n) is 11.5. The largest absolute Gasteiger partial charge is 0.482 e. The molecule has 3 N–H and O–H groups in total. The molecule has 244 valence electrons. The standard InChI is InChI=1S/C36H40FN7O3/c1-19(39-34(46)35-16-36(37,17-35)18-35)27-9-7-23-11-28(43(32(23)40-27)14-21-4-5-21)31-20(2)44-29(41-31)12-24(13-30(44)47-3)33(45)42-15-26(38)22-6-8-25(42)10-22/h6-7,9,11-13,19,21,25-26H,4-5,8,10,14-18,38H2,1-3H3,(H,39,46)/t19-,25+,26+,35?,36?/m1/s1. The second-order valence-corrected chi connectivity index (χ2v) is 14.9.